The molecule has 11 heteroatoms. The molecule has 1 aliphatic rings. The molecule has 0 unspecified atom stereocenters. The van der Waals surface area contributed by atoms with Gasteiger partial charge in [-0.15, -0.1) is 10.2 Å². The number of rotatable bonds is 6. The van der Waals surface area contributed by atoms with Gasteiger partial charge in [0.05, 0.1) is 17.4 Å². The van der Waals surface area contributed by atoms with Crippen LogP contribution >= 0.6 is 0 Å². The number of carboxylic acid groups (broad SMARTS) is 1. The Labute approximate surface area is 166 Å². The highest BCUT2D eigenvalue weighted by atomic mass is 19.1. The summed E-state index contributed by atoms with van der Waals surface area (Å²) in [6.45, 7) is 1.52. The largest absolute Gasteiger partial charge is 0.465 e. The number of nitrogens with one attached hydrogen (secondary N) is 3. The zero-order valence-electron chi connectivity index (χ0n) is 15.8. The number of aryl methyl sites for hydroxylation is 1. The van der Waals surface area contributed by atoms with E-state index in [1.165, 1.54) is 19.1 Å². The smallest absolute Gasteiger partial charge is 0.404 e. The number of nitrogens with zero attached hydrogens (tertiary/aromatic N) is 3. The first kappa shape index (κ1) is 20.2. The summed E-state index contributed by atoms with van der Waals surface area (Å²) in [5.74, 6) is -0.572. The minimum Gasteiger partial charge on any atom is -0.465 e. The topological polar surface area (TPSA) is 155 Å². The van der Waals surface area contributed by atoms with Crippen molar-refractivity contribution in [2.45, 2.75) is 44.7 Å². The third-order valence-corrected chi connectivity index (χ3v) is 4.72. The van der Waals surface area contributed by atoms with Crippen molar-refractivity contribution in [1.29, 1.82) is 0 Å². The van der Waals surface area contributed by atoms with Gasteiger partial charge in [0.1, 0.15) is 11.6 Å². The van der Waals surface area contributed by atoms with Gasteiger partial charge in [0.15, 0.2) is 11.5 Å². The molecule has 0 aliphatic heterocycles. The van der Waals surface area contributed by atoms with Crippen molar-refractivity contribution < 1.29 is 19.1 Å². The first-order chi connectivity index (χ1) is 13.8. The van der Waals surface area contributed by atoms with Crippen LogP contribution in [0.1, 0.15) is 41.9 Å². The van der Waals surface area contributed by atoms with Crippen LogP contribution in [0.25, 0.3) is 0 Å². The Hall–Kier alpha value is -3.50. The van der Waals surface area contributed by atoms with Crippen LogP contribution in [0.5, 0.6) is 0 Å². The van der Waals surface area contributed by atoms with E-state index in [9.17, 15) is 14.0 Å². The Kier molecular flexibility index (Phi) is 6.05. The van der Waals surface area contributed by atoms with Crippen molar-refractivity contribution in [2.24, 2.45) is 5.73 Å². The molecule has 3 rings (SSSR count). The van der Waals surface area contributed by atoms with Crippen LogP contribution in [0.15, 0.2) is 18.2 Å². The standard InChI is InChI=1S/C18H22FN7O3/c1-9-10(19)6-7-14(21-9)23-13-8-15(25-26-16(13)17(20)27)22-11-4-2-3-5-12(11)24-18(28)29/h6-8,11-12,24H,2-5H2,1H3,(H2,20,27)(H,28,29)(H2,21,22,23,25)/t11-,12+/m1/s1. The van der Waals surface area contributed by atoms with Gasteiger partial charge in [-0.25, -0.2) is 14.2 Å². The second kappa shape index (κ2) is 8.67. The molecule has 29 heavy (non-hydrogen) atoms. The van der Waals surface area contributed by atoms with Gasteiger partial charge in [-0.2, -0.15) is 0 Å². The highest BCUT2D eigenvalue weighted by Gasteiger charge is 2.27. The Morgan fingerprint density at radius 3 is 2.55 bits per heavy atom. The molecule has 2 heterocycles. The number of amides is 2. The number of nitrogens with two attached hydrogens (primary N) is 1. The molecule has 2 atom stereocenters. The van der Waals surface area contributed by atoms with Crippen LogP contribution in [0.3, 0.4) is 0 Å². The number of anilines is 3. The van der Waals surface area contributed by atoms with E-state index in [4.69, 9.17) is 10.8 Å². The van der Waals surface area contributed by atoms with E-state index in [1.54, 1.807) is 6.07 Å². The molecule has 0 bridgehead atoms. The summed E-state index contributed by atoms with van der Waals surface area (Å²) in [5, 5.41) is 25.5. The summed E-state index contributed by atoms with van der Waals surface area (Å²) in [7, 11) is 0. The average Bonchev–Trinajstić information content (AvgIpc) is 2.66. The fourth-order valence-electron chi connectivity index (χ4n) is 3.32. The van der Waals surface area contributed by atoms with E-state index >= 15 is 0 Å². The van der Waals surface area contributed by atoms with Crippen LogP contribution in [-0.4, -0.2) is 44.4 Å². The molecule has 0 aromatic carbocycles. The van der Waals surface area contributed by atoms with Gasteiger partial charge < -0.3 is 26.8 Å². The number of carbonyl (C=O) groups excluding carboxylic acids is 1. The van der Waals surface area contributed by atoms with Crippen molar-refractivity contribution in [3.05, 3.63) is 35.4 Å². The van der Waals surface area contributed by atoms with Crippen molar-refractivity contribution in [1.82, 2.24) is 20.5 Å². The maximum absolute atomic E-state index is 13.5. The van der Waals surface area contributed by atoms with Gasteiger partial charge in [-0.05, 0) is 31.9 Å². The predicted octanol–water partition coefficient (Wildman–Crippen LogP) is 2.15. The molecule has 154 valence electrons. The molecule has 2 amide bonds. The molecule has 0 radical (unpaired) electrons. The summed E-state index contributed by atoms with van der Waals surface area (Å²) < 4.78 is 13.5. The van der Waals surface area contributed by atoms with Crippen LogP contribution in [0.2, 0.25) is 0 Å². The van der Waals surface area contributed by atoms with Crippen LogP contribution in [0.4, 0.5) is 26.5 Å². The average molecular weight is 403 g/mol. The summed E-state index contributed by atoms with van der Waals surface area (Å²) in [6, 6.07) is 3.78. The molecular formula is C18H22FN7O3. The van der Waals surface area contributed by atoms with E-state index in [-0.39, 0.29) is 29.2 Å². The lowest BCUT2D eigenvalue weighted by molar-refractivity contribution is 0.0995. The molecule has 1 fully saturated rings. The minimum absolute atomic E-state index is 0.0943. The van der Waals surface area contributed by atoms with E-state index < -0.39 is 17.8 Å². The molecular weight excluding hydrogens is 381 g/mol. The van der Waals surface area contributed by atoms with E-state index in [0.29, 0.717) is 18.1 Å². The number of pyridine rings is 1. The first-order valence-electron chi connectivity index (χ1n) is 9.17. The maximum atomic E-state index is 13.5. The van der Waals surface area contributed by atoms with Gasteiger partial charge in [-0.1, -0.05) is 12.8 Å². The van der Waals surface area contributed by atoms with Gasteiger partial charge in [0, 0.05) is 12.1 Å². The molecule has 1 aliphatic carbocycles. The number of aromatic nitrogens is 3. The van der Waals surface area contributed by atoms with Crippen LogP contribution in [-0.2, 0) is 0 Å². The Morgan fingerprint density at radius 2 is 1.90 bits per heavy atom. The Bertz CT molecular complexity index is 924. The van der Waals surface area contributed by atoms with Crippen LogP contribution in [0, 0.1) is 12.7 Å². The third-order valence-electron chi connectivity index (χ3n) is 4.72. The lowest BCUT2D eigenvalue weighted by atomic mass is 9.90. The molecule has 2 aromatic rings. The molecule has 0 spiro atoms. The van der Waals surface area contributed by atoms with Crippen molar-refractivity contribution in [2.75, 3.05) is 10.6 Å². The predicted molar refractivity (Wildman–Crippen MR) is 104 cm³/mol. The summed E-state index contributed by atoms with van der Waals surface area (Å²) in [4.78, 5) is 26.8. The van der Waals surface area contributed by atoms with Gasteiger partial charge in [0.25, 0.3) is 5.91 Å². The first-order valence-corrected chi connectivity index (χ1v) is 9.17. The van der Waals surface area contributed by atoms with E-state index in [0.717, 1.165) is 19.3 Å². The van der Waals surface area contributed by atoms with Gasteiger partial charge in [-0.3, -0.25) is 4.79 Å². The molecule has 0 saturated heterocycles. The fourth-order valence-corrected chi connectivity index (χ4v) is 3.32. The minimum atomic E-state index is -1.08. The normalized spacial score (nSPS) is 18.7. The quantitative estimate of drug-likeness (QED) is 0.491. The highest BCUT2D eigenvalue weighted by molar-refractivity contribution is 5.97. The molecule has 6 N–H and O–H groups in total. The van der Waals surface area contributed by atoms with Gasteiger partial charge >= 0.3 is 6.09 Å². The number of hydrogen-bond acceptors (Lipinski definition) is 7. The van der Waals surface area contributed by atoms with Crippen molar-refractivity contribution in [3.8, 4) is 0 Å². The van der Waals surface area contributed by atoms with Crippen molar-refractivity contribution >= 4 is 29.3 Å². The lowest BCUT2D eigenvalue weighted by Gasteiger charge is -2.32. The van der Waals surface area contributed by atoms with Gasteiger partial charge in [0.2, 0.25) is 0 Å². The van der Waals surface area contributed by atoms with E-state index in [2.05, 4.69) is 31.1 Å². The summed E-state index contributed by atoms with van der Waals surface area (Å²) in [5.41, 5.74) is 5.73. The zero-order chi connectivity index (χ0) is 21.0. The van der Waals surface area contributed by atoms with Crippen molar-refractivity contribution in [3.63, 3.8) is 0 Å². The SMILES string of the molecule is Cc1nc(Nc2cc(N[C@@H]3CCCC[C@@H]3NC(=O)O)nnc2C(N)=O)ccc1F. The van der Waals surface area contributed by atoms with E-state index in [1.807, 2.05) is 0 Å². The number of primary amides is 1. The molecule has 2 aromatic heterocycles. The third kappa shape index (κ3) is 5.06. The summed E-state index contributed by atoms with van der Waals surface area (Å²) in [6.07, 6.45) is 2.26. The second-order valence-electron chi connectivity index (χ2n) is 6.84. The number of halogens is 1. The zero-order valence-corrected chi connectivity index (χ0v) is 15.8. The highest BCUT2D eigenvalue weighted by Crippen LogP contribution is 2.25. The maximum Gasteiger partial charge on any atom is 0.404 e. The Balaban J connectivity index is 1.84. The Morgan fingerprint density at radius 1 is 1.17 bits per heavy atom. The molecule has 1 saturated carbocycles. The lowest BCUT2D eigenvalue weighted by Crippen LogP contribution is -2.48. The summed E-state index contributed by atoms with van der Waals surface area (Å²) >= 11 is 0. The van der Waals surface area contributed by atoms with Crippen LogP contribution < -0.4 is 21.7 Å². The number of carbonyl (C=O) groups is 2. The fraction of sp³-hybridized carbons (Fsp3) is 0.389. The molecule has 10 nitrogen and oxygen atoms in total. The second-order valence-corrected chi connectivity index (χ2v) is 6.84. The monoisotopic (exact) mass is 403 g/mol. The number of hydrogen-bond donors (Lipinski definition) is 5.